The minimum absolute atomic E-state index is 0.126. The van der Waals surface area contributed by atoms with Crippen molar-refractivity contribution in [1.82, 2.24) is 14.9 Å². The smallest absolute Gasteiger partial charge is 0.312 e. The Morgan fingerprint density at radius 1 is 1.29 bits per heavy atom. The van der Waals surface area contributed by atoms with E-state index >= 15 is 0 Å². The fourth-order valence-electron chi connectivity index (χ4n) is 2.40. The van der Waals surface area contributed by atoms with Crippen LogP contribution in [-0.2, 0) is 22.8 Å². The maximum absolute atomic E-state index is 12.8. The van der Waals surface area contributed by atoms with Gasteiger partial charge in [-0.15, -0.1) is 0 Å². The standard InChI is InChI=1S/C18H25N3O3/c1-11-7-15-14(8-13(11)9-19-6)16(22)21(12(2)20-15)10-24-17(23)18(3,4)5/h7-8,19H,9-10H2,1-6H3. The molecule has 0 radical (unpaired) electrons. The maximum Gasteiger partial charge on any atom is 0.312 e. The Morgan fingerprint density at radius 3 is 2.54 bits per heavy atom. The number of aromatic nitrogens is 2. The molecule has 24 heavy (non-hydrogen) atoms. The molecular formula is C18H25N3O3. The van der Waals surface area contributed by atoms with Crippen LogP contribution in [-0.4, -0.2) is 22.6 Å². The quantitative estimate of drug-likeness (QED) is 0.870. The molecule has 1 aromatic heterocycles. The van der Waals surface area contributed by atoms with Crippen molar-refractivity contribution in [3.05, 3.63) is 39.4 Å². The summed E-state index contributed by atoms with van der Waals surface area (Å²) in [6, 6.07) is 3.78. The van der Waals surface area contributed by atoms with Gasteiger partial charge in [0.25, 0.3) is 5.56 Å². The van der Waals surface area contributed by atoms with Crippen molar-refractivity contribution >= 4 is 16.9 Å². The molecule has 1 heterocycles. The molecule has 6 nitrogen and oxygen atoms in total. The molecule has 0 amide bonds. The van der Waals surface area contributed by atoms with Crippen molar-refractivity contribution in [1.29, 1.82) is 0 Å². The number of aryl methyl sites for hydroxylation is 2. The average molecular weight is 331 g/mol. The van der Waals surface area contributed by atoms with Crippen molar-refractivity contribution in [3.8, 4) is 0 Å². The van der Waals surface area contributed by atoms with Crippen molar-refractivity contribution in [2.45, 2.75) is 47.9 Å². The highest BCUT2D eigenvalue weighted by atomic mass is 16.5. The predicted molar refractivity (Wildman–Crippen MR) is 93.8 cm³/mol. The van der Waals surface area contributed by atoms with Crippen LogP contribution in [0.5, 0.6) is 0 Å². The summed E-state index contributed by atoms with van der Waals surface area (Å²) in [4.78, 5) is 29.2. The molecule has 2 rings (SSSR count). The van der Waals surface area contributed by atoms with Gasteiger partial charge < -0.3 is 10.1 Å². The van der Waals surface area contributed by atoms with Crippen LogP contribution in [0.3, 0.4) is 0 Å². The summed E-state index contributed by atoms with van der Waals surface area (Å²) in [6.07, 6.45) is 0. The summed E-state index contributed by atoms with van der Waals surface area (Å²) in [6.45, 7) is 9.61. The molecule has 1 aromatic carbocycles. The van der Waals surface area contributed by atoms with Gasteiger partial charge in [-0.25, -0.2) is 4.98 Å². The molecule has 0 saturated carbocycles. The largest absolute Gasteiger partial charge is 0.443 e. The van der Waals surface area contributed by atoms with E-state index in [0.29, 0.717) is 23.3 Å². The van der Waals surface area contributed by atoms with Crippen LogP contribution in [0.2, 0.25) is 0 Å². The van der Waals surface area contributed by atoms with Gasteiger partial charge in [-0.05, 0) is 64.9 Å². The molecule has 0 aliphatic heterocycles. The van der Waals surface area contributed by atoms with E-state index in [2.05, 4.69) is 10.3 Å². The van der Waals surface area contributed by atoms with Gasteiger partial charge in [0.15, 0.2) is 6.73 Å². The normalized spacial score (nSPS) is 11.8. The number of rotatable bonds is 4. The minimum Gasteiger partial charge on any atom is -0.443 e. The van der Waals surface area contributed by atoms with Crippen LogP contribution >= 0.6 is 0 Å². The lowest BCUT2D eigenvalue weighted by Crippen LogP contribution is -2.30. The zero-order chi connectivity index (χ0) is 18.1. The second-order valence-electron chi connectivity index (χ2n) is 7.03. The lowest BCUT2D eigenvalue weighted by molar-refractivity contribution is -0.157. The Kier molecular flexibility index (Phi) is 5.08. The maximum atomic E-state index is 12.8. The Morgan fingerprint density at radius 2 is 1.96 bits per heavy atom. The fraction of sp³-hybridized carbons (Fsp3) is 0.500. The van der Waals surface area contributed by atoms with Gasteiger partial charge in [0.1, 0.15) is 5.82 Å². The van der Waals surface area contributed by atoms with Gasteiger partial charge in [0.2, 0.25) is 0 Å². The van der Waals surface area contributed by atoms with Gasteiger partial charge in [0, 0.05) is 6.54 Å². The van der Waals surface area contributed by atoms with Crippen LogP contribution in [0, 0.1) is 19.3 Å². The molecule has 0 spiro atoms. The molecule has 130 valence electrons. The molecule has 0 saturated heterocycles. The van der Waals surface area contributed by atoms with E-state index in [1.165, 1.54) is 4.57 Å². The molecule has 2 aromatic rings. The van der Waals surface area contributed by atoms with E-state index in [1.807, 2.05) is 26.1 Å². The van der Waals surface area contributed by atoms with Crippen molar-refractivity contribution < 1.29 is 9.53 Å². The molecular weight excluding hydrogens is 306 g/mol. The van der Waals surface area contributed by atoms with Gasteiger partial charge in [-0.2, -0.15) is 0 Å². The van der Waals surface area contributed by atoms with E-state index in [4.69, 9.17) is 4.74 Å². The van der Waals surface area contributed by atoms with Crippen LogP contribution < -0.4 is 10.9 Å². The molecule has 0 unspecified atom stereocenters. The minimum atomic E-state index is -0.612. The highest BCUT2D eigenvalue weighted by Crippen LogP contribution is 2.18. The van der Waals surface area contributed by atoms with E-state index in [-0.39, 0.29) is 18.3 Å². The van der Waals surface area contributed by atoms with E-state index < -0.39 is 5.41 Å². The molecule has 0 aliphatic carbocycles. The molecule has 0 bridgehead atoms. The third kappa shape index (κ3) is 3.64. The van der Waals surface area contributed by atoms with Crippen molar-refractivity contribution in [2.75, 3.05) is 7.05 Å². The molecule has 0 fully saturated rings. The third-order valence-electron chi connectivity index (χ3n) is 3.91. The topological polar surface area (TPSA) is 73.2 Å². The molecule has 6 heteroatoms. The number of hydrogen-bond acceptors (Lipinski definition) is 5. The van der Waals surface area contributed by atoms with Gasteiger partial charge in [0.05, 0.1) is 16.3 Å². The first-order chi connectivity index (χ1) is 11.1. The summed E-state index contributed by atoms with van der Waals surface area (Å²) in [7, 11) is 1.86. The Bertz CT molecular complexity index is 832. The number of esters is 1. The van der Waals surface area contributed by atoms with Crippen LogP contribution in [0.1, 0.15) is 37.7 Å². The van der Waals surface area contributed by atoms with Gasteiger partial charge >= 0.3 is 5.97 Å². The zero-order valence-corrected chi connectivity index (χ0v) is 15.2. The third-order valence-corrected chi connectivity index (χ3v) is 3.91. The number of nitrogens with one attached hydrogen (secondary N) is 1. The number of benzene rings is 1. The van der Waals surface area contributed by atoms with Gasteiger partial charge in [-0.1, -0.05) is 0 Å². The molecule has 0 atom stereocenters. The van der Waals surface area contributed by atoms with E-state index in [0.717, 1.165) is 11.1 Å². The molecule has 1 N–H and O–H groups in total. The predicted octanol–water partition coefficient (Wildman–Crippen LogP) is 2.28. The first kappa shape index (κ1) is 18.1. The van der Waals surface area contributed by atoms with Crippen LogP contribution in [0.4, 0.5) is 0 Å². The van der Waals surface area contributed by atoms with Crippen molar-refractivity contribution in [3.63, 3.8) is 0 Å². The monoisotopic (exact) mass is 331 g/mol. The van der Waals surface area contributed by atoms with E-state index in [1.54, 1.807) is 27.7 Å². The highest BCUT2D eigenvalue weighted by molar-refractivity contribution is 5.79. The first-order valence-electron chi connectivity index (χ1n) is 7.97. The Balaban J connectivity index is 2.46. The lowest BCUT2D eigenvalue weighted by atomic mass is 9.98. The number of carbonyl (C=O) groups excluding carboxylic acids is 1. The van der Waals surface area contributed by atoms with Crippen molar-refractivity contribution in [2.24, 2.45) is 5.41 Å². The van der Waals surface area contributed by atoms with Gasteiger partial charge in [-0.3, -0.25) is 14.2 Å². The zero-order valence-electron chi connectivity index (χ0n) is 15.2. The SMILES string of the molecule is CNCc1cc2c(=O)n(COC(=O)C(C)(C)C)c(C)nc2cc1C. The van der Waals surface area contributed by atoms with E-state index in [9.17, 15) is 9.59 Å². The average Bonchev–Trinajstić information content (AvgIpc) is 2.47. The number of nitrogens with zero attached hydrogens (tertiary/aromatic N) is 2. The lowest BCUT2D eigenvalue weighted by Gasteiger charge is -2.18. The molecule has 0 aliphatic rings. The summed E-state index contributed by atoms with van der Waals surface area (Å²) < 4.78 is 6.67. The summed E-state index contributed by atoms with van der Waals surface area (Å²) in [5.41, 5.74) is 1.98. The number of fused-ring (bicyclic) bond motifs is 1. The fourth-order valence-corrected chi connectivity index (χ4v) is 2.40. The summed E-state index contributed by atoms with van der Waals surface area (Å²) >= 11 is 0. The number of carbonyl (C=O) groups is 1. The Hall–Kier alpha value is -2.21. The highest BCUT2D eigenvalue weighted by Gasteiger charge is 2.23. The van der Waals surface area contributed by atoms with Crippen LogP contribution in [0.25, 0.3) is 10.9 Å². The number of hydrogen-bond donors (Lipinski definition) is 1. The second-order valence-corrected chi connectivity index (χ2v) is 7.03. The number of ether oxygens (including phenoxy) is 1. The Labute approximate surface area is 141 Å². The van der Waals surface area contributed by atoms with Crippen LogP contribution in [0.15, 0.2) is 16.9 Å². The first-order valence-corrected chi connectivity index (χ1v) is 7.97. The summed E-state index contributed by atoms with van der Waals surface area (Å²) in [5, 5.41) is 3.62. The summed E-state index contributed by atoms with van der Waals surface area (Å²) in [5.74, 6) is 0.170. The second kappa shape index (κ2) is 6.73.